The van der Waals surface area contributed by atoms with E-state index in [0.717, 1.165) is 42.7 Å². The zero-order chi connectivity index (χ0) is 14.1. The summed E-state index contributed by atoms with van der Waals surface area (Å²) in [5.41, 5.74) is 2.45. The Morgan fingerprint density at radius 2 is 2.00 bits per heavy atom. The quantitative estimate of drug-likeness (QED) is 0.771. The van der Waals surface area contributed by atoms with E-state index in [0.29, 0.717) is 24.4 Å². The molecule has 0 saturated carbocycles. The van der Waals surface area contributed by atoms with Gasteiger partial charge in [-0.2, -0.15) is 0 Å². The molecular weight excluding hydrogens is 270 g/mol. The van der Waals surface area contributed by atoms with E-state index in [2.05, 4.69) is 11.5 Å². The maximum Gasteiger partial charge on any atom is 0.223 e. The Kier molecular flexibility index (Phi) is 3.84. The molecule has 1 aromatic carbocycles. The minimum atomic E-state index is 0.296. The van der Waals surface area contributed by atoms with Crippen LogP contribution in [0.2, 0.25) is 5.02 Å². The summed E-state index contributed by atoms with van der Waals surface area (Å²) in [6, 6.07) is 8.61. The Balaban J connectivity index is 1.61. The number of benzene rings is 1. The van der Waals surface area contributed by atoms with E-state index in [-0.39, 0.29) is 0 Å². The minimum Gasteiger partial charge on any atom is -0.336 e. The SMILES string of the molecule is C=C1CC2CCC(C1)N2C(=O)CCc1cccc(Cl)c1. The molecule has 0 N–H and O–H groups in total. The van der Waals surface area contributed by atoms with Crippen LogP contribution in [0.5, 0.6) is 0 Å². The van der Waals surface area contributed by atoms with Gasteiger partial charge in [0.2, 0.25) is 5.91 Å². The van der Waals surface area contributed by atoms with Crippen LogP contribution in [0, 0.1) is 0 Å². The van der Waals surface area contributed by atoms with Crippen LogP contribution >= 0.6 is 11.6 Å². The van der Waals surface area contributed by atoms with Crippen molar-refractivity contribution in [3.8, 4) is 0 Å². The second-order valence-corrected chi connectivity index (χ2v) is 6.41. The smallest absolute Gasteiger partial charge is 0.223 e. The van der Waals surface area contributed by atoms with Gasteiger partial charge in [-0.15, -0.1) is 0 Å². The van der Waals surface area contributed by atoms with Crippen LogP contribution in [0.15, 0.2) is 36.4 Å². The van der Waals surface area contributed by atoms with Crippen LogP contribution in [0.4, 0.5) is 0 Å². The average Bonchev–Trinajstić information content (AvgIpc) is 2.68. The molecule has 106 valence electrons. The predicted molar refractivity (Wildman–Crippen MR) is 81.8 cm³/mol. The zero-order valence-electron chi connectivity index (χ0n) is 11.6. The van der Waals surface area contributed by atoms with Crippen LogP contribution < -0.4 is 0 Å². The molecule has 2 nitrogen and oxygen atoms in total. The number of nitrogens with zero attached hydrogens (tertiary/aromatic N) is 1. The molecule has 3 rings (SSSR count). The molecule has 0 aromatic heterocycles. The maximum atomic E-state index is 12.5. The van der Waals surface area contributed by atoms with Gasteiger partial charge in [0, 0.05) is 23.5 Å². The van der Waals surface area contributed by atoms with E-state index in [1.807, 2.05) is 24.3 Å². The number of carbonyl (C=O) groups excluding carboxylic acids is 1. The standard InChI is InChI=1S/C17H20ClNO/c1-12-9-15-6-7-16(10-12)19(15)17(20)8-5-13-3-2-4-14(18)11-13/h2-4,11,15-16H,1,5-10H2. The Hall–Kier alpha value is -1.28. The molecule has 3 heteroatoms. The Morgan fingerprint density at radius 3 is 2.65 bits per heavy atom. The summed E-state index contributed by atoms with van der Waals surface area (Å²) >= 11 is 5.98. The lowest BCUT2D eigenvalue weighted by Gasteiger charge is -2.36. The molecule has 1 amide bonds. The summed E-state index contributed by atoms with van der Waals surface area (Å²) in [4.78, 5) is 14.6. The molecule has 2 saturated heterocycles. The Morgan fingerprint density at radius 1 is 1.30 bits per heavy atom. The third-order valence-electron chi connectivity index (χ3n) is 4.47. The molecular formula is C17H20ClNO. The molecule has 2 aliphatic heterocycles. The van der Waals surface area contributed by atoms with Crippen molar-refractivity contribution >= 4 is 17.5 Å². The van der Waals surface area contributed by atoms with Gasteiger partial charge in [-0.3, -0.25) is 4.79 Å². The number of halogens is 1. The molecule has 2 fully saturated rings. The van der Waals surface area contributed by atoms with Crippen molar-refractivity contribution in [2.24, 2.45) is 0 Å². The van der Waals surface area contributed by atoms with Gasteiger partial charge in [0.15, 0.2) is 0 Å². The molecule has 1 aromatic rings. The fourth-order valence-corrected chi connectivity index (χ4v) is 3.80. The van der Waals surface area contributed by atoms with Crippen molar-refractivity contribution in [2.45, 2.75) is 50.6 Å². The van der Waals surface area contributed by atoms with Crippen molar-refractivity contribution in [3.05, 3.63) is 47.0 Å². The summed E-state index contributed by atoms with van der Waals surface area (Å²) in [7, 11) is 0. The largest absolute Gasteiger partial charge is 0.336 e. The second-order valence-electron chi connectivity index (χ2n) is 5.97. The van der Waals surface area contributed by atoms with E-state index < -0.39 is 0 Å². The highest BCUT2D eigenvalue weighted by atomic mass is 35.5. The van der Waals surface area contributed by atoms with Gasteiger partial charge in [-0.1, -0.05) is 35.9 Å². The monoisotopic (exact) mass is 289 g/mol. The zero-order valence-corrected chi connectivity index (χ0v) is 12.4. The molecule has 2 unspecified atom stereocenters. The second kappa shape index (κ2) is 5.61. The summed E-state index contributed by atoms with van der Waals surface area (Å²) in [5, 5.41) is 0.740. The Bertz CT molecular complexity index is 524. The molecule has 20 heavy (non-hydrogen) atoms. The van der Waals surface area contributed by atoms with E-state index in [1.54, 1.807) is 0 Å². The van der Waals surface area contributed by atoms with Gasteiger partial charge >= 0.3 is 0 Å². The first-order valence-electron chi connectivity index (χ1n) is 7.36. The molecule has 0 spiro atoms. The van der Waals surface area contributed by atoms with Gasteiger partial charge in [0.1, 0.15) is 0 Å². The van der Waals surface area contributed by atoms with Gasteiger partial charge in [0.05, 0.1) is 0 Å². The number of aryl methyl sites for hydroxylation is 1. The third kappa shape index (κ3) is 2.76. The molecule has 2 heterocycles. The first-order valence-corrected chi connectivity index (χ1v) is 7.73. The Labute approximate surface area is 125 Å². The van der Waals surface area contributed by atoms with Crippen molar-refractivity contribution in [3.63, 3.8) is 0 Å². The molecule has 0 aliphatic carbocycles. The predicted octanol–water partition coefficient (Wildman–Crippen LogP) is 3.98. The molecule has 2 aliphatic rings. The topological polar surface area (TPSA) is 20.3 Å². The van der Waals surface area contributed by atoms with E-state index >= 15 is 0 Å². The van der Waals surface area contributed by atoms with Crippen molar-refractivity contribution in [2.75, 3.05) is 0 Å². The number of carbonyl (C=O) groups is 1. The molecule has 0 radical (unpaired) electrons. The van der Waals surface area contributed by atoms with Crippen molar-refractivity contribution in [1.29, 1.82) is 0 Å². The minimum absolute atomic E-state index is 0.296. The highest BCUT2D eigenvalue weighted by Gasteiger charge is 2.40. The van der Waals surface area contributed by atoms with Crippen LogP contribution in [-0.4, -0.2) is 22.9 Å². The van der Waals surface area contributed by atoms with E-state index in [9.17, 15) is 4.79 Å². The fraction of sp³-hybridized carbons (Fsp3) is 0.471. The van der Waals surface area contributed by atoms with Gasteiger partial charge in [-0.25, -0.2) is 0 Å². The van der Waals surface area contributed by atoms with Gasteiger partial charge < -0.3 is 4.90 Å². The van der Waals surface area contributed by atoms with Gasteiger partial charge in [0.25, 0.3) is 0 Å². The van der Waals surface area contributed by atoms with Crippen LogP contribution in [0.25, 0.3) is 0 Å². The summed E-state index contributed by atoms with van der Waals surface area (Å²) in [6.45, 7) is 4.10. The lowest BCUT2D eigenvalue weighted by atomic mass is 9.97. The average molecular weight is 290 g/mol. The number of piperidine rings is 1. The molecule has 2 atom stereocenters. The van der Waals surface area contributed by atoms with E-state index in [1.165, 1.54) is 5.57 Å². The number of hydrogen-bond acceptors (Lipinski definition) is 1. The summed E-state index contributed by atoms with van der Waals surface area (Å²) < 4.78 is 0. The first-order chi connectivity index (χ1) is 9.63. The van der Waals surface area contributed by atoms with Crippen LogP contribution in [0.3, 0.4) is 0 Å². The number of rotatable bonds is 3. The number of amides is 1. The third-order valence-corrected chi connectivity index (χ3v) is 4.71. The van der Waals surface area contributed by atoms with E-state index in [4.69, 9.17) is 11.6 Å². The number of fused-ring (bicyclic) bond motifs is 2. The highest BCUT2D eigenvalue weighted by molar-refractivity contribution is 6.30. The molecule has 2 bridgehead atoms. The summed E-state index contributed by atoms with van der Waals surface area (Å²) in [5.74, 6) is 0.296. The lowest BCUT2D eigenvalue weighted by Crippen LogP contribution is -2.44. The first kappa shape index (κ1) is 13.7. The number of hydrogen-bond donors (Lipinski definition) is 0. The van der Waals surface area contributed by atoms with Crippen molar-refractivity contribution in [1.82, 2.24) is 4.90 Å². The summed E-state index contributed by atoms with van der Waals surface area (Å²) in [6.07, 6.45) is 5.65. The van der Waals surface area contributed by atoms with Crippen molar-refractivity contribution < 1.29 is 4.79 Å². The fourth-order valence-electron chi connectivity index (χ4n) is 3.59. The van der Waals surface area contributed by atoms with Crippen LogP contribution in [0.1, 0.15) is 37.7 Å². The lowest BCUT2D eigenvalue weighted by molar-refractivity contribution is -0.134. The highest BCUT2D eigenvalue weighted by Crippen LogP contribution is 2.38. The normalized spacial score (nSPS) is 25.1. The van der Waals surface area contributed by atoms with Crippen LogP contribution in [-0.2, 0) is 11.2 Å². The maximum absolute atomic E-state index is 12.5. The van der Waals surface area contributed by atoms with Gasteiger partial charge in [-0.05, 0) is 49.8 Å².